The summed E-state index contributed by atoms with van der Waals surface area (Å²) in [5.41, 5.74) is 1.53. The molecule has 0 fully saturated rings. The number of rotatable bonds is 5. The van der Waals surface area contributed by atoms with Gasteiger partial charge in [0.15, 0.2) is 0 Å². The number of hydrogen-bond acceptors (Lipinski definition) is 5. The van der Waals surface area contributed by atoms with E-state index in [9.17, 15) is 4.79 Å². The maximum atomic E-state index is 11.7. The van der Waals surface area contributed by atoms with Crippen molar-refractivity contribution in [3.05, 3.63) is 27.9 Å². The molecule has 0 bridgehead atoms. The van der Waals surface area contributed by atoms with E-state index in [4.69, 9.17) is 4.74 Å². The van der Waals surface area contributed by atoms with Crippen molar-refractivity contribution in [2.45, 2.75) is 0 Å². The highest BCUT2D eigenvalue weighted by Gasteiger charge is 2.11. The molecule has 0 atom stereocenters. The lowest BCUT2D eigenvalue weighted by molar-refractivity contribution is 0.0933. The van der Waals surface area contributed by atoms with E-state index in [0.717, 1.165) is 10.6 Å². The molecule has 90 valence electrons. The number of ether oxygens (including phenoxy) is 1. The number of nitrogens with zero attached hydrogens (tertiary/aromatic N) is 1. The van der Waals surface area contributed by atoms with E-state index in [1.54, 1.807) is 23.8 Å². The van der Waals surface area contributed by atoms with Crippen LogP contribution in [-0.4, -0.2) is 31.2 Å². The first-order valence-corrected chi connectivity index (χ1v) is 6.88. The minimum Gasteiger partial charge on any atom is -0.383 e. The Kier molecular flexibility index (Phi) is 4.24. The predicted octanol–water partition coefficient (Wildman–Crippen LogP) is 2.25. The Balaban J connectivity index is 2.01. The molecule has 0 saturated carbocycles. The van der Waals surface area contributed by atoms with Crippen molar-refractivity contribution in [2.75, 3.05) is 20.3 Å². The van der Waals surface area contributed by atoms with Crippen LogP contribution in [0.5, 0.6) is 0 Å². The third-order valence-corrected chi connectivity index (χ3v) is 3.67. The second-order valence-electron chi connectivity index (χ2n) is 3.30. The quantitative estimate of drug-likeness (QED) is 0.846. The van der Waals surface area contributed by atoms with Crippen molar-refractivity contribution in [1.29, 1.82) is 0 Å². The SMILES string of the molecule is COCCNC(=O)c1csc(-c2ccsc2)n1. The first-order chi connectivity index (χ1) is 8.31. The van der Waals surface area contributed by atoms with Gasteiger partial charge in [0, 0.05) is 30.0 Å². The molecular weight excluding hydrogens is 256 g/mol. The Labute approximate surface area is 107 Å². The van der Waals surface area contributed by atoms with Gasteiger partial charge in [-0.15, -0.1) is 11.3 Å². The normalized spacial score (nSPS) is 10.4. The van der Waals surface area contributed by atoms with Crippen molar-refractivity contribution in [3.63, 3.8) is 0 Å². The van der Waals surface area contributed by atoms with Gasteiger partial charge in [0.1, 0.15) is 10.7 Å². The third-order valence-electron chi connectivity index (χ3n) is 2.10. The summed E-state index contributed by atoms with van der Waals surface area (Å²) >= 11 is 3.10. The van der Waals surface area contributed by atoms with Gasteiger partial charge in [-0.2, -0.15) is 11.3 Å². The van der Waals surface area contributed by atoms with Gasteiger partial charge < -0.3 is 10.1 Å². The second-order valence-corrected chi connectivity index (χ2v) is 4.94. The third kappa shape index (κ3) is 3.12. The van der Waals surface area contributed by atoms with Crippen molar-refractivity contribution < 1.29 is 9.53 Å². The van der Waals surface area contributed by atoms with Gasteiger partial charge >= 0.3 is 0 Å². The van der Waals surface area contributed by atoms with Gasteiger partial charge in [0.05, 0.1) is 6.61 Å². The smallest absolute Gasteiger partial charge is 0.270 e. The number of carbonyl (C=O) groups excluding carboxylic acids is 1. The molecule has 1 N–H and O–H groups in total. The minimum atomic E-state index is -0.153. The van der Waals surface area contributed by atoms with E-state index in [0.29, 0.717) is 18.8 Å². The fourth-order valence-corrected chi connectivity index (χ4v) is 2.77. The van der Waals surface area contributed by atoms with Crippen molar-refractivity contribution in [3.8, 4) is 10.6 Å². The Morgan fingerprint density at radius 2 is 2.41 bits per heavy atom. The highest BCUT2D eigenvalue weighted by Crippen LogP contribution is 2.25. The van der Waals surface area contributed by atoms with Crippen molar-refractivity contribution >= 4 is 28.6 Å². The van der Waals surface area contributed by atoms with Crippen LogP contribution in [0.25, 0.3) is 10.6 Å². The van der Waals surface area contributed by atoms with Crippen LogP contribution in [0.3, 0.4) is 0 Å². The lowest BCUT2D eigenvalue weighted by Crippen LogP contribution is -2.27. The zero-order valence-corrected chi connectivity index (χ0v) is 10.9. The molecule has 0 saturated heterocycles. The summed E-state index contributed by atoms with van der Waals surface area (Å²) in [5.74, 6) is -0.153. The van der Waals surface area contributed by atoms with Crippen LogP contribution in [0.2, 0.25) is 0 Å². The molecule has 2 aromatic heterocycles. The van der Waals surface area contributed by atoms with Gasteiger partial charge in [0.2, 0.25) is 0 Å². The highest BCUT2D eigenvalue weighted by atomic mass is 32.1. The number of methoxy groups -OCH3 is 1. The van der Waals surface area contributed by atoms with E-state index in [1.165, 1.54) is 11.3 Å². The van der Waals surface area contributed by atoms with Crippen LogP contribution in [-0.2, 0) is 4.74 Å². The maximum absolute atomic E-state index is 11.7. The summed E-state index contributed by atoms with van der Waals surface area (Å²) in [5, 5.41) is 9.41. The molecule has 0 aromatic carbocycles. The molecular formula is C11H12N2O2S2. The number of nitrogens with one attached hydrogen (secondary N) is 1. The Morgan fingerprint density at radius 3 is 3.12 bits per heavy atom. The zero-order valence-electron chi connectivity index (χ0n) is 9.30. The fraction of sp³-hybridized carbons (Fsp3) is 0.273. The number of carbonyl (C=O) groups is 1. The number of thiazole rings is 1. The average molecular weight is 268 g/mol. The molecule has 2 rings (SSSR count). The summed E-state index contributed by atoms with van der Waals surface area (Å²) in [4.78, 5) is 16.0. The second kappa shape index (κ2) is 5.90. The van der Waals surface area contributed by atoms with E-state index >= 15 is 0 Å². The van der Waals surface area contributed by atoms with Gasteiger partial charge in [-0.1, -0.05) is 0 Å². The molecule has 2 heterocycles. The number of thiophene rings is 1. The molecule has 6 heteroatoms. The van der Waals surface area contributed by atoms with Gasteiger partial charge in [0.25, 0.3) is 5.91 Å². The Bertz CT molecular complexity index is 479. The molecule has 17 heavy (non-hydrogen) atoms. The van der Waals surface area contributed by atoms with Crippen LogP contribution in [0.15, 0.2) is 22.2 Å². The molecule has 2 aromatic rings. The maximum Gasteiger partial charge on any atom is 0.270 e. The lowest BCUT2D eigenvalue weighted by Gasteiger charge is -2.00. The van der Waals surface area contributed by atoms with Crippen molar-refractivity contribution in [1.82, 2.24) is 10.3 Å². The van der Waals surface area contributed by atoms with E-state index in [1.807, 2.05) is 16.8 Å². The molecule has 0 radical (unpaired) electrons. The molecule has 0 spiro atoms. The molecule has 0 aliphatic heterocycles. The lowest BCUT2D eigenvalue weighted by atomic mass is 10.3. The topological polar surface area (TPSA) is 51.2 Å². The average Bonchev–Trinajstić information content (AvgIpc) is 3.00. The van der Waals surface area contributed by atoms with Crippen LogP contribution in [0.4, 0.5) is 0 Å². The monoisotopic (exact) mass is 268 g/mol. The van der Waals surface area contributed by atoms with Crippen LogP contribution in [0.1, 0.15) is 10.5 Å². The summed E-state index contributed by atoms with van der Waals surface area (Å²) in [6.07, 6.45) is 0. The molecule has 0 unspecified atom stereocenters. The van der Waals surface area contributed by atoms with Crippen LogP contribution in [0, 0.1) is 0 Å². The summed E-state index contributed by atoms with van der Waals surface area (Å²) in [6, 6.07) is 2.00. The number of hydrogen-bond donors (Lipinski definition) is 1. The van der Waals surface area contributed by atoms with Crippen molar-refractivity contribution in [2.24, 2.45) is 0 Å². The summed E-state index contributed by atoms with van der Waals surface area (Å²) in [6.45, 7) is 1.01. The standard InChI is InChI=1S/C11H12N2O2S2/c1-15-4-3-12-10(14)9-7-17-11(13-9)8-2-5-16-6-8/h2,5-7H,3-4H2,1H3,(H,12,14). The summed E-state index contributed by atoms with van der Waals surface area (Å²) < 4.78 is 4.86. The van der Waals surface area contributed by atoms with Gasteiger partial charge in [-0.25, -0.2) is 4.98 Å². The minimum absolute atomic E-state index is 0.153. The summed E-state index contributed by atoms with van der Waals surface area (Å²) in [7, 11) is 1.60. The van der Waals surface area contributed by atoms with Crippen LogP contribution < -0.4 is 5.32 Å². The number of amides is 1. The van der Waals surface area contributed by atoms with E-state index < -0.39 is 0 Å². The van der Waals surface area contributed by atoms with E-state index in [2.05, 4.69) is 10.3 Å². The number of aromatic nitrogens is 1. The Morgan fingerprint density at radius 1 is 1.53 bits per heavy atom. The highest BCUT2D eigenvalue weighted by molar-refractivity contribution is 7.14. The first kappa shape index (κ1) is 12.2. The fourth-order valence-electron chi connectivity index (χ4n) is 1.25. The van der Waals surface area contributed by atoms with Crippen LogP contribution >= 0.6 is 22.7 Å². The predicted molar refractivity (Wildman–Crippen MR) is 69.6 cm³/mol. The van der Waals surface area contributed by atoms with Gasteiger partial charge in [-0.05, 0) is 11.4 Å². The molecule has 4 nitrogen and oxygen atoms in total. The molecule has 1 amide bonds. The Hall–Kier alpha value is -1.24. The van der Waals surface area contributed by atoms with Gasteiger partial charge in [-0.3, -0.25) is 4.79 Å². The molecule has 0 aliphatic carbocycles. The zero-order chi connectivity index (χ0) is 12.1. The molecule has 0 aliphatic rings. The largest absolute Gasteiger partial charge is 0.383 e. The first-order valence-electron chi connectivity index (χ1n) is 5.06. The van der Waals surface area contributed by atoms with E-state index in [-0.39, 0.29) is 5.91 Å².